The SMILES string of the molecule is C/C(=C\c1cc(N2CCOCC2)cc(C(F)(F)F)c1)[C@H]1OC(=O)C[C@H](O)CC[C@H](C)[C@@H](OC(=O)N2CCN(C)CC2)/C=C/[C@@H]1C. The van der Waals surface area contributed by atoms with E-state index >= 15 is 0 Å². The van der Waals surface area contributed by atoms with Crippen LogP contribution < -0.4 is 4.90 Å². The van der Waals surface area contributed by atoms with Crippen LogP contribution in [-0.2, 0) is 25.2 Å². The topological polar surface area (TPSA) is 91.8 Å². The molecule has 3 aliphatic rings. The number of anilines is 1. The van der Waals surface area contributed by atoms with E-state index in [9.17, 15) is 27.9 Å². The number of amides is 1. The van der Waals surface area contributed by atoms with Crippen molar-refractivity contribution in [2.24, 2.45) is 11.8 Å². The number of aliphatic hydroxyl groups excluding tert-OH is 1. The van der Waals surface area contributed by atoms with Gasteiger partial charge in [0.05, 0.1) is 31.3 Å². The van der Waals surface area contributed by atoms with Crippen molar-refractivity contribution < 1.29 is 42.1 Å². The molecule has 0 aliphatic carbocycles. The van der Waals surface area contributed by atoms with E-state index in [-0.39, 0.29) is 12.3 Å². The van der Waals surface area contributed by atoms with Crippen LogP contribution in [-0.4, -0.2) is 105 Å². The van der Waals surface area contributed by atoms with E-state index in [4.69, 9.17) is 14.2 Å². The Bertz CT molecular complexity index is 1220. The Hall–Kier alpha value is -3.09. The Kier molecular flexibility index (Phi) is 12.0. The Morgan fingerprint density at radius 1 is 1.02 bits per heavy atom. The van der Waals surface area contributed by atoms with Gasteiger partial charge in [0.15, 0.2) is 0 Å². The molecule has 3 heterocycles. The number of benzene rings is 1. The summed E-state index contributed by atoms with van der Waals surface area (Å²) in [5.41, 5.74) is 0.544. The lowest BCUT2D eigenvalue weighted by Crippen LogP contribution is -2.48. The molecule has 12 heteroatoms. The van der Waals surface area contributed by atoms with Crippen LogP contribution in [0.4, 0.5) is 23.7 Å². The molecule has 5 atom stereocenters. The van der Waals surface area contributed by atoms with E-state index in [1.165, 1.54) is 0 Å². The number of piperazine rings is 1. The quantitative estimate of drug-likeness (QED) is 0.365. The van der Waals surface area contributed by atoms with Crippen LogP contribution >= 0.6 is 0 Å². The van der Waals surface area contributed by atoms with Crippen molar-refractivity contribution in [3.63, 3.8) is 0 Å². The standard InChI is InChI=1S/C33H46F3N3O6/c1-22-5-7-28(40)21-30(41)45-31(23(2)6-8-29(22)44-32(42)39-11-9-37(4)10-12-39)24(3)17-25-18-26(33(34,35)36)20-27(19-25)38-13-15-43-16-14-38/h6,8,17-20,22-23,28-29,31,40H,5,7,9-16,21H2,1-4H3/b8-6+,24-17+/t22-,23-,28+,29-,31-/m0/s1. The molecule has 1 N–H and O–H groups in total. The average Bonchev–Trinajstić information content (AvgIpc) is 3.00. The van der Waals surface area contributed by atoms with E-state index in [0.717, 1.165) is 25.2 Å². The van der Waals surface area contributed by atoms with Crippen LogP contribution in [0.15, 0.2) is 35.9 Å². The maximum Gasteiger partial charge on any atom is 0.416 e. The minimum atomic E-state index is -4.54. The van der Waals surface area contributed by atoms with E-state index in [1.807, 2.05) is 31.9 Å². The van der Waals surface area contributed by atoms with Gasteiger partial charge in [-0.2, -0.15) is 13.2 Å². The predicted molar refractivity (Wildman–Crippen MR) is 165 cm³/mol. The highest BCUT2D eigenvalue weighted by Crippen LogP contribution is 2.34. The zero-order chi connectivity index (χ0) is 32.7. The van der Waals surface area contributed by atoms with Gasteiger partial charge in [-0.15, -0.1) is 0 Å². The minimum absolute atomic E-state index is 0.131. The minimum Gasteiger partial charge on any atom is -0.457 e. The van der Waals surface area contributed by atoms with E-state index < -0.39 is 48.0 Å². The summed E-state index contributed by atoms with van der Waals surface area (Å²) in [5.74, 6) is -1.14. The molecule has 2 saturated heterocycles. The van der Waals surface area contributed by atoms with Gasteiger partial charge in [0.2, 0.25) is 0 Å². The summed E-state index contributed by atoms with van der Waals surface area (Å²) in [7, 11) is 2.00. The molecule has 0 unspecified atom stereocenters. The maximum absolute atomic E-state index is 13.9. The van der Waals surface area contributed by atoms with Gasteiger partial charge in [-0.3, -0.25) is 4.79 Å². The lowest BCUT2D eigenvalue weighted by atomic mass is 9.91. The number of carbonyl (C=O) groups excluding carboxylic acids is 2. The lowest BCUT2D eigenvalue weighted by Gasteiger charge is -2.33. The third kappa shape index (κ3) is 9.95. The monoisotopic (exact) mass is 637 g/mol. The van der Waals surface area contributed by atoms with Crippen LogP contribution in [0, 0.1) is 11.8 Å². The first-order valence-electron chi connectivity index (χ1n) is 15.7. The van der Waals surface area contributed by atoms with E-state index in [1.54, 1.807) is 30.0 Å². The molecule has 250 valence electrons. The number of cyclic esters (lactones) is 1. The number of likely N-dealkylation sites (N-methyl/N-ethyl adjacent to an activating group) is 1. The summed E-state index contributed by atoms with van der Waals surface area (Å²) < 4.78 is 58.9. The molecular weight excluding hydrogens is 591 g/mol. The molecule has 9 nitrogen and oxygen atoms in total. The van der Waals surface area contributed by atoms with Gasteiger partial charge in [-0.1, -0.05) is 26.0 Å². The Morgan fingerprint density at radius 3 is 2.38 bits per heavy atom. The number of hydrogen-bond donors (Lipinski definition) is 1. The number of alkyl halides is 3. The van der Waals surface area contributed by atoms with Gasteiger partial charge in [0, 0.05) is 50.9 Å². The first-order chi connectivity index (χ1) is 21.3. The Morgan fingerprint density at radius 2 is 1.71 bits per heavy atom. The van der Waals surface area contributed by atoms with Crippen molar-refractivity contribution in [2.45, 2.75) is 64.5 Å². The smallest absolute Gasteiger partial charge is 0.416 e. The molecular formula is C33H46F3N3O6. The van der Waals surface area contributed by atoms with Crippen LogP contribution in [0.25, 0.3) is 6.08 Å². The second kappa shape index (κ2) is 15.5. The zero-order valence-corrected chi connectivity index (χ0v) is 26.6. The van der Waals surface area contributed by atoms with Gasteiger partial charge in [0.1, 0.15) is 12.2 Å². The fourth-order valence-electron chi connectivity index (χ4n) is 5.86. The van der Waals surface area contributed by atoms with Gasteiger partial charge >= 0.3 is 18.2 Å². The molecule has 4 rings (SSSR count). The van der Waals surface area contributed by atoms with Crippen molar-refractivity contribution >= 4 is 23.8 Å². The van der Waals surface area contributed by atoms with Crippen LogP contribution in [0.3, 0.4) is 0 Å². The average molecular weight is 638 g/mol. The zero-order valence-electron chi connectivity index (χ0n) is 26.6. The second-order valence-electron chi connectivity index (χ2n) is 12.5. The van der Waals surface area contributed by atoms with Gasteiger partial charge in [0.25, 0.3) is 0 Å². The molecule has 0 saturated carbocycles. The molecule has 1 aromatic carbocycles. The highest BCUT2D eigenvalue weighted by molar-refractivity contribution is 5.71. The maximum atomic E-state index is 13.9. The number of morpholine rings is 1. The van der Waals surface area contributed by atoms with Crippen molar-refractivity contribution in [1.82, 2.24) is 9.80 Å². The molecule has 1 aromatic rings. The summed E-state index contributed by atoms with van der Waals surface area (Å²) in [4.78, 5) is 31.6. The van der Waals surface area contributed by atoms with E-state index in [0.29, 0.717) is 69.1 Å². The molecule has 1 amide bonds. The molecule has 3 aliphatic heterocycles. The number of nitrogens with zero attached hydrogens (tertiary/aromatic N) is 3. The van der Waals surface area contributed by atoms with Gasteiger partial charge in [-0.05, 0) is 68.1 Å². The number of ether oxygens (including phenoxy) is 3. The normalized spacial score (nSPS) is 28.9. The van der Waals surface area contributed by atoms with Crippen molar-refractivity contribution in [3.8, 4) is 0 Å². The van der Waals surface area contributed by atoms with Crippen LogP contribution in [0.5, 0.6) is 0 Å². The summed E-state index contributed by atoms with van der Waals surface area (Å²) in [6, 6.07) is 3.93. The number of rotatable bonds is 4. The molecule has 0 spiro atoms. The van der Waals surface area contributed by atoms with Crippen molar-refractivity contribution in [3.05, 3.63) is 47.1 Å². The summed E-state index contributed by atoms with van der Waals surface area (Å²) in [5, 5.41) is 10.6. The molecule has 45 heavy (non-hydrogen) atoms. The number of hydrogen-bond acceptors (Lipinski definition) is 8. The Labute approximate surface area is 263 Å². The van der Waals surface area contributed by atoms with Crippen molar-refractivity contribution in [2.75, 3.05) is 64.4 Å². The van der Waals surface area contributed by atoms with Gasteiger partial charge in [-0.25, -0.2) is 4.79 Å². The fraction of sp³-hybridized carbons (Fsp3) is 0.636. The van der Waals surface area contributed by atoms with Crippen LogP contribution in [0.2, 0.25) is 0 Å². The van der Waals surface area contributed by atoms with Crippen molar-refractivity contribution in [1.29, 1.82) is 0 Å². The van der Waals surface area contributed by atoms with Crippen LogP contribution in [0.1, 0.15) is 51.2 Å². The lowest BCUT2D eigenvalue weighted by molar-refractivity contribution is -0.151. The second-order valence-corrected chi connectivity index (χ2v) is 12.5. The number of esters is 1. The first kappa shape index (κ1) is 34.8. The van der Waals surface area contributed by atoms with E-state index in [2.05, 4.69) is 4.90 Å². The molecule has 0 radical (unpaired) electrons. The Balaban J connectivity index is 1.62. The largest absolute Gasteiger partial charge is 0.457 e. The third-order valence-corrected chi connectivity index (χ3v) is 8.74. The number of halogens is 3. The highest BCUT2D eigenvalue weighted by Gasteiger charge is 2.33. The first-order valence-corrected chi connectivity index (χ1v) is 15.7. The summed E-state index contributed by atoms with van der Waals surface area (Å²) in [6.07, 6.45) is -1.44. The fourth-order valence-corrected chi connectivity index (χ4v) is 5.86. The molecule has 2 fully saturated rings. The summed E-state index contributed by atoms with van der Waals surface area (Å²) in [6.45, 7) is 9.96. The number of aliphatic hydroxyl groups is 1. The van der Waals surface area contributed by atoms with Gasteiger partial charge < -0.3 is 34.0 Å². The summed E-state index contributed by atoms with van der Waals surface area (Å²) >= 11 is 0. The highest BCUT2D eigenvalue weighted by atomic mass is 19.4. The third-order valence-electron chi connectivity index (χ3n) is 8.74. The molecule has 0 bridgehead atoms. The number of carbonyl (C=O) groups is 2. The molecule has 0 aromatic heterocycles. The predicted octanol–water partition coefficient (Wildman–Crippen LogP) is 4.98.